The molecule has 9 heteroatoms. The lowest BCUT2D eigenvalue weighted by Gasteiger charge is -2.28. The first-order valence-electron chi connectivity index (χ1n) is 10.3. The van der Waals surface area contributed by atoms with Gasteiger partial charge in [-0.2, -0.15) is 5.26 Å². The normalized spacial score (nSPS) is 22.5. The van der Waals surface area contributed by atoms with Crippen LogP contribution in [-0.4, -0.2) is 54.3 Å². The van der Waals surface area contributed by atoms with E-state index in [1.807, 2.05) is 6.92 Å². The van der Waals surface area contributed by atoms with Gasteiger partial charge in [-0.3, -0.25) is 9.69 Å². The highest BCUT2D eigenvalue weighted by Gasteiger charge is 2.51. The summed E-state index contributed by atoms with van der Waals surface area (Å²) in [5.41, 5.74) is -0.145. The largest absolute Gasteiger partial charge is 0.444 e. The van der Waals surface area contributed by atoms with Gasteiger partial charge in [0.15, 0.2) is 9.84 Å². The first-order valence-corrected chi connectivity index (χ1v) is 11.9. The molecule has 2 amide bonds. The summed E-state index contributed by atoms with van der Waals surface area (Å²) >= 11 is 0. The molecule has 0 unspecified atom stereocenters. The van der Waals surface area contributed by atoms with Gasteiger partial charge in [0.05, 0.1) is 16.2 Å². The number of rotatable bonds is 4. The van der Waals surface area contributed by atoms with Crippen molar-refractivity contribution in [1.82, 2.24) is 10.2 Å². The van der Waals surface area contributed by atoms with Gasteiger partial charge < -0.3 is 10.1 Å². The number of likely N-dealkylation sites (tertiary alicyclic amines) is 1. The van der Waals surface area contributed by atoms with Gasteiger partial charge in [-0.25, -0.2) is 13.2 Å². The molecule has 1 aliphatic heterocycles. The monoisotopic (exact) mass is 447 g/mol. The van der Waals surface area contributed by atoms with E-state index in [-0.39, 0.29) is 17.9 Å². The van der Waals surface area contributed by atoms with Crippen LogP contribution in [0.25, 0.3) is 0 Å². The Morgan fingerprint density at radius 2 is 1.90 bits per heavy atom. The molecule has 1 aliphatic carbocycles. The van der Waals surface area contributed by atoms with Crippen LogP contribution in [0.4, 0.5) is 4.79 Å². The fourth-order valence-electron chi connectivity index (χ4n) is 3.80. The number of amides is 2. The third kappa shape index (κ3) is 4.85. The molecular formula is C22H29N3O5S. The van der Waals surface area contributed by atoms with E-state index in [0.29, 0.717) is 18.4 Å². The van der Waals surface area contributed by atoms with Gasteiger partial charge in [-0.05, 0) is 65.5 Å². The number of hydrogen-bond donors (Lipinski definition) is 1. The smallest absolute Gasteiger partial charge is 0.411 e. The average Bonchev–Trinajstić information content (AvgIpc) is 3.25. The fraction of sp³-hybridized carbons (Fsp3) is 0.591. The first kappa shape index (κ1) is 23.1. The number of nitrogens with one attached hydrogen (secondary N) is 1. The third-order valence-corrected chi connectivity index (χ3v) is 7.89. The first-order chi connectivity index (χ1) is 14.3. The second-order valence-corrected chi connectivity index (χ2v) is 11.7. The third-order valence-electron chi connectivity index (χ3n) is 5.60. The van der Waals surface area contributed by atoms with Crippen molar-refractivity contribution in [1.29, 1.82) is 5.26 Å². The van der Waals surface area contributed by atoms with Crippen molar-refractivity contribution in [3.05, 3.63) is 29.3 Å². The summed E-state index contributed by atoms with van der Waals surface area (Å²) in [5, 5.41) is 11.0. The maximum Gasteiger partial charge on any atom is 0.411 e. The predicted molar refractivity (Wildman–Crippen MR) is 114 cm³/mol. The van der Waals surface area contributed by atoms with Crippen LogP contribution in [0.2, 0.25) is 0 Å². The van der Waals surface area contributed by atoms with Gasteiger partial charge >= 0.3 is 6.09 Å². The lowest BCUT2D eigenvalue weighted by molar-refractivity contribution is -0.126. The number of ether oxygens (including phenoxy) is 1. The second kappa shape index (κ2) is 7.83. The summed E-state index contributed by atoms with van der Waals surface area (Å²) in [4.78, 5) is 27.1. The molecule has 1 aromatic carbocycles. The summed E-state index contributed by atoms with van der Waals surface area (Å²) in [5.74, 6) is -0.525. The summed E-state index contributed by atoms with van der Waals surface area (Å²) < 4.78 is 32.2. The van der Waals surface area contributed by atoms with Crippen molar-refractivity contribution in [2.45, 2.75) is 81.2 Å². The van der Waals surface area contributed by atoms with Crippen molar-refractivity contribution in [3.63, 3.8) is 0 Å². The summed E-state index contributed by atoms with van der Waals surface area (Å²) in [6, 6.07) is 6.16. The zero-order chi connectivity index (χ0) is 23.2. The molecule has 0 radical (unpaired) electrons. The molecule has 8 nitrogen and oxygen atoms in total. The Kier molecular flexibility index (Phi) is 5.82. The zero-order valence-electron chi connectivity index (χ0n) is 18.6. The van der Waals surface area contributed by atoms with Crippen molar-refractivity contribution in [2.75, 3.05) is 6.54 Å². The second-order valence-electron chi connectivity index (χ2n) is 9.50. The number of carbonyl (C=O) groups is 2. The van der Waals surface area contributed by atoms with E-state index < -0.39 is 44.3 Å². The molecule has 31 heavy (non-hydrogen) atoms. The number of hydrogen-bond acceptors (Lipinski definition) is 6. The van der Waals surface area contributed by atoms with Crippen LogP contribution in [0.5, 0.6) is 0 Å². The number of nitrogens with zero attached hydrogens (tertiary/aromatic N) is 2. The van der Waals surface area contributed by atoms with Gasteiger partial charge in [-0.15, -0.1) is 0 Å². The molecule has 0 aromatic heterocycles. The Bertz CT molecular complexity index is 1050. The van der Waals surface area contributed by atoms with Gasteiger partial charge in [0, 0.05) is 6.54 Å². The van der Waals surface area contributed by atoms with Crippen molar-refractivity contribution >= 4 is 21.8 Å². The molecule has 2 fully saturated rings. The summed E-state index contributed by atoms with van der Waals surface area (Å²) in [6.45, 7) is 8.57. The molecule has 2 aliphatic rings. The number of nitriles is 1. The Balaban J connectivity index is 1.90. The van der Waals surface area contributed by atoms with Crippen molar-refractivity contribution in [3.8, 4) is 6.07 Å². The standard InChI is InChI=1S/C22H29N3O5S/c1-14-6-7-18(15(2)10-14)31(28,29)16-11-17(19(26)24-22(13-23)8-9-22)25(12-16)20(27)30-21(3,4)5/h6-7,10,16-17H,8-9,11-12H2,1-5H3,(H,24,26)/t16-,17+/m1/s1. The lowest BCUT2D eigenvalue weighted by Crippen LogP contribution is -2.50. The molecule has 0 spiro atoms. The summed E-state index contributed by atoms with van der Waals surface area (Å²) in [6.07, 6.45) is 0.285. The van der Waals surface area contributed by atoms with E-state index in [1.165, 1.54) is 4.90 Å². The minimum Gasteiger partial charge on any atom is -0.444 e. The van der Waals surface area contributed by atoms with Crippen LogP contribution in [-0.2, 0) is 19.4 Å². The van der Waals surface area contributed by atoms with Crippen LogP contribution >= 0.6 is 0 Å². The Hall–Kier alpha value is -2.60. The minimum atomic E-state index is -3.79. The molecule has 2 atom stereocenters. The van der Waals surface area contributed by atoms with E-state index in [0.717, 1.165) is 5.56 Å². The number of sulfone groups is 1. The molecule has 1 heterocycles. The molecular weight excluding hydrogens is 418 g/mol. The molecule has 1 saturated carbocycles. The predicted octanol–water partition coefficient (Wildman–Crippen LogP) is 2.63. The highest BCUT2D eigenvalue weighted by Crippen LogP contribution is 2.36. The van der Waals surface area contributed by atoms with E-state index in [1.54, 1.807) is 45.9 Å². The SMILES string of the molecule is Cc1ccc(S(=O)(=O)[C@@H]2C[C@@H](C(=O)NC3(C#N)CC3)N(C(=O)OC(C)(C)C)C2)c(C)c1. The van der Waals surface area contributed by atoms with Gasteiger partial charge in [-0.1, -0.05) is 17.7 Å². The Morgan fingerprint density at radius 3 is 2.42 bits per heavy atom. The molecule has 0 bridgehead atoms. The van der Waals surface area contributed by atoms with Gasteiger partial charge in [0.25, 0.3) is 0 Å². The fourth-order valence-corrected chi connectivity index (χ4v) is 5.72. The molecule has 1 saturated heterocycles. The zero-order valence-corrected chi connectivity index (χ0v) is 19.4. The van der Waals surface area contributed by atoms with Crippen molar-refractivity contribution in [2.24, 2.45) is 0 Å². The topological polar surface area (TPSA) is 117 Å². The van der Waals surface area contributed by atoms with E-state index in [2.05, 4.69) is 11.4 Å². The van der Waals surface area contributed by atoms with Crippen LogP contribution in [0.3, 0.4) is 0 Å². The molecule has 1 N–H and O–H groups in total. The van der Waals surface area contributed by atoms with Crippen molar-refractivity contribution < 1.29 is 22.7 Å². The molecule has 1 aromatic rings. The highest BCUT2D eigenvalue weighted by molar-refractivity contribution is 7.92. The maximum atomic E-state index is 13.4. The van der Waals surface area contributed by atoms with Crippen LogP contribution in [0.1, 0.15) is 51.2 Å². The number of carbonyl (C=O) groups excluding carboxylic acids is 2. The van der Waals surface area contributed by atoms with E-state index >= 15 is 0 Å². The van der Waals surface area contributed by atoms with E-state index in [9.17, 15) is 23.3 Å². The Labute approximate surface area is 183 Å². The quantitative estimate of drug-likeness (QED) is 0.758. The average molecular weight is 448 g/mol. The van der Waals surface area contributed by atoms with Gasteiger partial charge in [0.1, 0.15) is 17.2 Å². The number of aryl methyl sites for hydroxylation is 2. The minimum absolute atomic E-state index is 0.0533. The molecule has 3 rings (SSSR count). The van der Waals surface area contributed by atoms with Crippen LogP contribution < -0.4 is 5.32 Å². The van der Waals surface area contributed by atoms with Gasteiger partial charge in [0.2, 0.25) is 5.91 Å². The van der Waals surface area contributed by atoms with Crippen LogP contribution in [0.15, 0.2) is 23.1 Å². The molecule has 168 valence electrons. The van der Waals surface area contributed by atoms with Crippen LogP contribution in [0, 0.1) is 25.2 Å². The maximum absolute atomic E-state index is 13.4. The highest BCUT2D eigenvalue weighted by atomic mass is 32.2. The van der Waals surface area contributed by atoms with E-state index in [4.69, 9.17) is 4.74 Å². The number of benzene rings is 1. The summed E-state index contributed by atoms with van der Waals surface area (Å²) in [7, 11) is -3.79. The Morgan fingerprint density at radius 1 is 1.26 bits per heavy atom. The lowest BCUT2D eigenvalue weighted by atomic mass is 10.1.